The summed E-state index contributed by atoms with van der Waals surface area (Å²) in [4.78, 5) is 14.8. The van der Waals surface area contributed by atoms with Gasteiger partial charge < -0.3 is 9.47 Å². The Kier molecular flexibility index (Phi) is 2.67. The van der Waals surface area contributed by atoms with Crippen molar-refractivity contribution in [3.63, 3.8) is 0 Å². The number of carbonyl (C=O) groups is 1. The maximum Gasteiger partial charge on any atom is 0.271 e. The van der Waals surface area contributed by atoms with E-state index < -0.39 is 0 Å². The van der Waals surface area contributed by atoms with Gasteiger partial charge in [-0.15, -0.1) is 0 Å². The quantitative estimate of drug-likeness (QED) is 0.614. The van der Waals surface area contributed by atoms with Gasteiger partial charge >= 0.3 is 0 Å². The standard InChI is InChI=1S/C19H18N2O/c1-12-13-8-4-5-9-14(13)17-15-10-6-7-11-16(15)21(3)18(17)19(22)20(12)2/h4-12H,1-3H3. The topological polar surface area (TPSA) is 25.2 Å². The van der Waals surface area contributed by atoms with Gasteiger partial charge in [-0.25, -0.2) is 0 Å². The van der Waals surface area contributed by atoms with Gasteiger partial charge in [0.25, 0.3) is 5.91 Å². The van der Waals surface area contributed by atoms with Gasteiger partial charge in [0.05, 0.1) is 6.04 Å². The lowest BCUT2D eigenvalue weighted by molar-refractivity contribution is 0.0738. The number of benzene rings is 2. The summed E-state index contributed by atoms with van der Waals surface area (Å²) in [6, 6.07) is 16.6. The molecule has 1 aliphatic heterocycles. The van der Waals surface area contributed by atoms with Crippen molar-refractivity contribution in [3.05, 3.63) is 59.8 Å². The van der Waals surface area contributed by atoms with Crippen LogP contribution in [0.2, 0.25) is 0 Å². The molecule has 3 nitrogen and oxygen atoms in total. The van der Waals surface area contributed by atoms with E-state index in [-0.39, 0.29) is 11.9 Å². The van der Waals surface area contributed by atoms with Gasteiger partial charge in [-0.3, -0.25) is 4.79 Å². The van der Waals surface area contributed by atoms with Crippen molar-refractivity contribution in [1.82, 2.24) is 9.47 Å². The molecule has 1 amide bonds. The number of nitrogens with zero attached hydrogens (tertiary/aromatic N) is 2. The number of hydrogen-bond acceptors (Lipinski definition) is 1. The SMILES string of the molecule is CC1c2ccccc2-c2c(n(C)c3ccccc23)C(=O)N1C. The first-order chi connectivity index (χ1) is 10.6. The maximum atomic E-state index is 13.0. The fourth-order valence-corrected chi connectivity index (χ4v) is 3.56. The highest BCUT2D eigenvalue weighted by Crippen LogP contribution is 2.42. The first-order valence-electron chi connectivity index (χ1n) is 7.55. The third-order valence-corrected chi connectivity index (χ3v) is 4.89. The maximum absolute atomic E-state index is 13.0. The summed E-state index contributed by atoms with van der Waals surface area (Å²) in [7, 11) is 3.86. The monoisotopic (exact) mass is 290 g/mol. The number of para-hydroxylation sites is 1. The van der Waals surface area contributed by atoms with E-state index in [1.165, 1.54) is 11.1 Å². The second-order valence-corrected chi connectivity index (χ2v) is 5.98. The third kappa shape index (κ3) is 1.54. The Morgan fingerprint density at radius 2 is 1.64 bits per heavy atom. The molecule has 1 atom stereocenters. The normalized spacial score (nSPS) is 17.3. The van der Waals surface area contributed by atoms with Crippen LogP contribution in [0.4, 0.5) is 0 Å². The van der Waals surface area contributed by atoms with Crippen molar-refractivity contribution < 1.29 is 4.79 Å². The molecule has 2 aromatic carbocycles. The molecule has 22 heavy (non-hydrogen) atoms. The van der Waals surface area contributed by atoms with Crippen LogP contribution in [0, 0.1) is 0 Å². The van der Waals surface area contributed by atoms with Crippen LogP contribution >= 0.6 is 0 Å². The van der Waals surface area contributed by atoms with Crippen molar-refractivity contribution in [1.29, 1.82) is 0 Å². The first kappa shape index (κ1) is 13.1. The zero-order valence-electron chi connectivity index (χ0n) is 13.0. The van der Waals surface area contributed by atoms with E-state index in [1.54, 1.807) is 0 Å². The highest BCUT2D eigenvalue weighted by molar-refractivity contribution is 6.11. The highest BCUT2D eigenvalue weighted by atomic mass is 16.2. The van der Waals surface area contributed by atoms with Crippen LogP contribution < -0.4 is 0 Å². The second kappa shape index (κ2) is 4.47. The molecule has 0 N–H and O–H groups in total. The van der Waals surface area contributed by atoms with Crippen LogP contribution in [0.3, 0.4) is 0 Å². The molecule has 110 valence electrons. The predicted molar refractivity (Wildman–Crippen MR) is 88.9 cm³/mol. The molecule has 0 radical (unpaired) electrons. The molecule has 0 spiro atoms. The number of hydrogen-bond donors (Lipinski definition) is 0. The van der Waals surface area contributed by atoms with Gasteiger partial charge in [0.1, 0.15) is 5.69 Å². The lowest BCUT2D eigenvalue weighted by atomic mass is 9.95. The number of aromatic nitrogens is 1. The minimum atomic E-state index is 0.0647. The average Bonchev–Trinajstić information content (AvgIpc) is 2.82. The van der Waals surface area contributed by atoms with E-state index in [9.17, 15) is 4.79 Å². The summed E-state index contributed by atoms with van der Waals surface area (Å²) in [5.41, 5.74) is 5.31. The molecule has 1 unspecified atom stereocenters. The smallest absolute Gasteiger partial charge is 0.271 e. The molecule has 3 heteroatoms. The highest BCUT2D eigenvalue weighted by Gasteiger charge is 2.32. The van der Waals surface area contributed by atoms with Crippen molar-refractivity contribution in [2.45, 2.75) is 13.0 Å². The summed E-state index contributed by atoms with van der Waals surface area (Å²) in [6.07, 6.45) is 0. The second-order valence-electron chi connectivity index (χ2n) is 5.98. The lowest BCUT2D eigenvalue weighted by Crippen LogP contribution is -2.29. The zero-order chi connectivity index (χ0) is 15.4. The van der Waals surface area contributed by atoms with E-state index in [1.807, 2.05) is 47.8 Å². The van der Waals surface area contributed by atoms with Crippen molar-refractivity contribution in [3.8, 4) is 11.1 Å². The van der Waals surface area contributed by atoms with E-state index in [4.69, 9.17) is 0 Å². The number of amides is 1. The molecule has 1 aliphatic rings. The predicted octanol–water partition coefficient (Wildman–Crippen LogP) is 3.99. The number of carbonyl (C=O) groups excluding carboxylic acids is 1. The summed E-state index contributed by atoms with van der Waals surface area (Å²) < 4.78 is 2.03. The molecule has 0 bridgehead atoms. The summed E-state index contributed by atoms with van der Waals surface area (Å²) >= 11 is 0. The van der Waals surface area contributed by atoms with Crippen molar-refractivity contribution >= 4 is 16.8 Å². The van der Waals surface area contributed by atoms with Crippen molar-refractivity contribution in [2.75, 3.05) is 7.05 Å². The molecule has 3 aromatic rings. The Morgan fingerprint density at radius 3 is 2.45 bits per heavy atom. The van der Waals surface area contributed by atoms with Crippen LogP contribution in [0.5, 0.6) is 0 Å². The largest absolute Gasteiger partial charge is 0.339 e. The van der Waals surface area contributed by atoms with E-state index >= 15 is 0 Å². The Hall–Kier alpha value is -2.55. The first-order valence-corrected chi connectivity index (χ1v) is 7.55. The van der Waals surface area contributed by atoms with E-state index in [0.29, 0.717) is 0 Å². The third-order valence-electron chi connectivity index (χ3n) is 4.89. The van der Waals surface area contributed by atoms with E-state index in [2.05, 4.69) is 31.2 Å². The molecule has 0 fully saturated rings. The molecular weight excluding hydrogens is 272 g/mol. The molecule has 0 saturated carbocycles. The molecule has 0 aliphatic carbocycles. The average molecular weight is 290 g/mol. The molecular formula is C19H18N2O. The number of aryl methyl sites for hydroxylation is 1. The van der Waals surface area contributed by atoms with Gasteiger partial charge in [0, 0.05) is 30.6 Å². The fourth-order valence-electron chi connectivity index (χ4n) is 3.56. The summed E-state index contributed by atoms with van der Waals surface area (Å²) in [6.45, 7) is 2.09. The molecule has 1 aromatic heterocycles. The van der Waals surface area contributed by atoms with Gasteiger partial charge in [0.2, 0.25) is 0 Å². The molecule has 0 saturated heterocycles. The van der Waals surface area contributed by atoms with Gasteiger partial charge in [-0.05, 0) is 24.1 Å². The number of rotatable bonds is 0. The van der Waals surface area contributed by atoms with Gasteiger partial charge in [-0.1, -0.05) is 42.5 Å². The van der Waals surface area contributed by atoms with Crippen LogP contribution in [-0.2, 0) is 7.05 Å². The van der Waals surface area contributed by atoms with E-state index in [0.717, 1.165) is 22.2 Å². The summed E-state index contributed by atoms with van der Waals surface area (Å²) in [5.74, 6) is 0.0809. The number of fused-ring (bicyclic) bond motifs is 5. The van der Waals surface area contributed by atoms with Crippen LogP contribution in [0.15, 0.2) is 48.5 Å². The van der Waals surface area contributed by atoms with Gasteiger partial charge in [0.15, 0.2) is 0 Å². The van der Waals surface area contributed by atoms with Crippen LogP contribution in [0.1, 0.15) is 29.0 Å². The Labute approximate surface area is 129 Å². The van der Waals surface area contributed by atoms with Crippen molar-refractivity contribution in [2.24, 2.45) is 7.05 Å². The van der Waals surface area contributed by atoms with Crippen LogP contribution in [0.25, 0.3) is 22.0 Å². The lowest BCUT2D eigenvalue weighted by Gasteiger charge is -2.24. The zero-order valence-corrected chi connectivity index (χ0v) is 13.0. The molecule has 4 rings (SSSR count). The minimum Gasteiger partial charge on any atom is -0.339 e. The van der Waals surface area contributed by atoms with Gasteiger partial charge in [-0.2, -0.15) is 0 Å². The molecule has 2 heterocycles. The fraction of sp³-hybridized carbons (Fsp3) is 0.211. The minimum absolute atomic E-state index is 0.0647. The Bertz CT molecular complexity index is 907. The Morgan fingerprint density at radius 1 is 0.955 bits per heavy atom. The Balaban J connectivity index is 2.22. The van der Waals surface area contributed by atoms with Crippen LogP contribution in [-0.4, -0.2) is 22.4 Å². The summed E-state index contributed by atoms with van der Waals surface area (Å²) in [5, 5.41) is 1.14.